The molecule has 0 saturated heterocycles. The van der Waals surface area contributed by atoms with Crippen LogP contribution in [0.1, 0.15) is 21.7 Å². The van der Waals surface area contributed by atoms with E-state index in [-0.39, 0.29) is 5.91 Å². The highest BCUT2D eigenvalue weighted by Gasteiger charge is 2.16. The van der Waals surface area contributed by atoms with Gasteiger partial charge in [-0.05, 0) is 56.3 Å². The number of amides is 1. The zero-order chi connectivity index (χ0) is 19.3. The van der Waals surface area contributed by atoms with Crippen molar-refractivity contribution in [3.63, 3.8) is 0 Å². The quantitative estimate of drug-likeness (QED) is 0.494. The highest BCUT2D eigenvalue weighted by atomic mass is 16.3. The molecule has 0 fully saturated rings. The Morgan fingerprint density at radius 2 is 2.07 bits per heavy atom. The first-order chi connectivity index (χ1) is 13.6. The number of hydrogen-bond donors (Lipinski definition) is 2. The smallest absolute Gasteiger partial charge is 0.261 e. The fourth-order valence-electron chi connectivity index (χ4n) is 3.40. The van der Waals surface area contributed by atoms with E-state index in [1.807, 2.05) is 56.3 Å². The Bertz CT molecular complexity index is 1330. The highest BCUT2D eigenvalue weighted by Crippen LogP contribution is 2.27. The number of benzene rings is 1. The normalized spacial score (nSPS) is 11.4. The molecular formula is C21H17N5O2. The lowest BCUT2D eigenvalue weighted by atomic mass is 10.2. The second-order valence-electron chi connectivity index (χ2n) is 6.75. The Balaban J connectivity index is 1.47. The summed E-state index contributed by atoms with van der Waals surface area (Å²) < 4.78 is 7.11. The molecule has 7 heteroatoms. The van der Waals surface area contributed by atoms with E-state index in [9.17, 15) is 4.79 Å². The van der Waals surface area contributed by atoms with Crippen LogP contribution < -0.4 is 5.32 Å². The number of nitrogens with one attached hydrogen (secondary N) is 2. The van der Waals surface area contributed by atoms with Gasteiger partial charge in [0.15, 0.2) is 5.65 Å². The van der Waals surface area contributed by atoms with E-state index in [4.69, 9.17) is 4.42 Å². The summed E-state index contributed by atoms with van der Waals surface area (Å²) >= 11 is 0. The molecule has 1 amide bonds. The van der Waals surface area contributed by atoms with Gasteiger partial charge < -0.3 is 14.7 Å². The Morgan fingerprint density at radius 1 is 1.18 bits per heavy atom. The number of fused-ring (bicyclic) bond motifs is 2. The zero-order valence-corrected chi connectivity index (χ0v) is 15.4. The molecule has 0 aliphatic carbocycles. The molecule has 0 atom stereocenters. The van der Waals surface area contributed by atoms with Gasteiger partial charge >= 0.3 is 0 Å². The lowest BCUT2D eigenvalue weighted by Gasteiger charge is -2.05. The second-order valence-corrected chi connectivity index (χ2v) is 6.75. The lowest BCUT2D eigenvalue weighted by molar-refractivity contribution is 0.102. The van der Waals surface area contributed by atoms with Crippen LogP contribution in [-0.2, 0) is 0 Å². The van der Waals surface area contributed by atoms with Gasteiger partial charge in [0.05, 0.1) is 18.2 Å². The van der Waals surface area contributed by atoms with Crippen molar-refractivity contribution in [2.24, 2.45) is 0 Å². The van der Waals surface area contributed by atoms with Crippen LogP contribution in [-0.4, -0.2) is 25.5 Å². The largest absolute Gasteiger partial charge is 0.463 e. The Kier molecular flexibility index (Phi) is 3.55. The summed E-state index contributed by atoms with van der Waals surface area (Å²) in [6.45, 7) is 3.84. The molecule has 4 aromatic heterocycles. The van der Waals surface area contributed by atoms with Crippen molar-refractivity contribution in [2.45, 2.75) is 13.8 Å². The Morgan fingerprint density at radius 3 is 2.89 bits per heavy atom. The molecule has 0 saturated carbocycles. The number of rotatable bonds is 3. The van der Waals surface area contributed by atoms with Gasteiger partial charge in [0.1, 0.15) is 11.3 Å². The van der Waals surface area contributed by atoms with Crippen molar-refractivity contribution < 1.29 is 9.21 Å². The third-order valence-electron chi connectivity index (χ3n) is 4.69. The molecule has 1 aromatic carbocycles. The number of anilines is 1. The predicted octanol–water partition coefficient (Wildman–Crippen LogP) is 4.34. The molecule has 0 radical (unpaired) electrons. The van der Waals surface area contributed by atoms with E-state index in [2.05, 4.69) is 20.4 Å². The highest BCUT2D eigenvalue weighted by molar-refractivity contribution is 6.08. The topological polar surface area (TPSA) is 88.2 Å². The number of nitrogens with zero attached hydrogens (tertiary/aromatic N) is 3. The molecule has 0 aliphatic rings. The monoisotopic (exact) mass is 371 g/mol. The predicted molar refractivity (Wildman–Crippen MR) is 106 cm³/mol. The van der Waals surface area contributed by atoms with Crippen LogP contribution in [0.15, 0.2) is 59.3 Å². The summed E-state index contributed by atoms with van der Waals surface area (Å²) in [4.78, 5) is 20.6. The number of aryl methyl sites for hydroxylation is 2. The maximum atomic E-state index is 12.8. The first kappa shape index (κ1) is 16.3. The summed E-state index contributed by atoms with van der Waals surface area (Å²) in [5.74, 6) is 0.526. The summed E-state index contributed by atoms with van der Waals surface area (Å²) in [6, 6.07) is 13.4. The van der Waals surface area contributed by atoms with Crippen molar-refractivity contribution in [1.82, 2.24) is 19.6 Å². The van der Waals surface area contributed by atoms with Gasteiger partial charge in [-0.25, -0.2) is 9.50 Å². The van der Waals surface area contributed by atoms with Crippen LogP contribution >= 0.6 is 0 Å². The van der Waals surface area contributed by atoms with Crippen molar-refractivity contribution in [3.05, 3.63) is 71.9 Å². The minimum absolute atomic E-state index is 0.242. The van der Waals surface area contributed by atoms with E-state index >= 15 is 0 Å². The van der Waals surface area contributed by atoms with Crippen LogP contribution in [0, 0.1) is 13.8 Å². The molecular weight excluding hydrogens is 354 g/mol. The van der Waals surface area contributed by atoms with E-state index in [0.717, 1.165) is 33.7 Å². The molecule has 5 aromatic rings. The number of aromatic amines is 1. The van der Waals surface area contributed by atoms with Gasteiger partial charge in [0, 0.05) is 28.0 Å². The van der Waals surface area contributed by atoms with Gasteiger partial charge in [0.2, 0.25) is 0 Å². The van der Waals surface area contributed by atoms with Gasteiger partial charge in [-0.2, -0.15) is 5.10 Å². The van der Waals surface area contributed by atoms with Gasteiger partial charge in [0.25, 0.3) is 5.91 Å². The van der Waals surface area contributed by atoms with Crippen LogP contribution in [0.2, 0.25) is 0 Å². The SMILES string of the molecule is Cc1cc(C)n2ncc(C(=O)Nc3ccc4[nH]c(-c5ccco5)cc4c3)c2n1. The molecule has 138 valence electrons. The first-order valence-corrected chi connectivity index (χ1v) is 8.88. The molecule has 2 N–H and O–H groups in total. The minimum Gasteiger partial charge on any atom is -0.463 e. The molecule has 0 spiro atoms. The Hall–Kier alpha value is -3.87. The van der Waals surface area contributed by atoms with Gasteiger partial charge in [-0.1, -0.05) is 0 Å². The molecule has 5 rings (SSSR count). The number of carbonyl (C=O) groups is 1. The standard InChI is InChI=1S/C21H17N5O2/c1-12-8-13(2)26-20(23-12)16(11-22-26)21(27)24-15-5-6-17-14(9-15)10-18(25-17)19-4-3-7-28-19/h3-11,25H,1-2H3,(H,24,27). The van der Waals surface area contributed by atoms with Gasteiger partial charge in [-0.15, -0.1) is 0 Å². The first-order valence-electron chi connectivity index (χ1n) is 8.88. The van der Waals surface area contributed by atoms with E-state index in [0.29, 0.717) is 16.9 Å². The maximum Gasteiger partial charge on any atom is 0.261 e. The molecule has 0 unspecified atom stereocenters. The lowest BCUT2D eigenvalue weighted by Crippen LogP contribution is -2.12. The van der Waals surface area contributed by atoms with Crippen LogP contribution in [0.3, 0.4) is 0 Å². The van der Waals surface area contributed by atoms with Crippen LogP contribution in [0.5, 0.6) is 0 Å². The summed E-state index contributed by atoms with van der Waals surface area (Å²) in [5.41, 5.74) is 5.33. The Labute approximate surface area is 160 Å². The van der Waals surface area contributed by atoms with Crippen LogP contribution in [0.25, 0.3) is 28.0 Å². The number of H-pyrrole nitrogens is 1. The molecule has 0 bridgehead atoms. The summed E-state index contributed by atoms with van der Waals surface area (Å²) in [5, 5.41) is 8.20. The van der Waals surface area contributed by atoms with Crippen LogP contribution in [0.4, 0.5) is 5.69 Å². The minimum atomic E-state index is -0.242. The van der Waals surface area contributed by atoms with Crippen molar-refractivity contribution in [3.8, 4) is 11.5 Å². The maximum absolute atomic E-state index is 12.8. The second kappa shape index (κ2) is 6.09. The third kappa shape index (κ3) is 2.64. The van der Waals surface area contributed by atoms with Gasteiger partial charge in [-0.3, -0.25) is 4.79 Å². The molecule has 4 heterocycles. The molecule has 28 heavy (non-hydrogen) atoms. The zero-order valence-electron chi connectivity index (χ0n) is 15.4. The van der Waals surface area contributed by atoms with Crippen molar-refractivity contribution in [1.29, 1.82) is 0 Å². The average molecular weight is 371 g/mol. The number of furan rings is 1. The van der Waals surface area contributed by atoms with Crippen molar-refractivity contribution in [2.75, 3.05) is 5.32 Å². The average Bonchev–Trinajstić information content (AvgIpc) is 3.39. The van der Waals surface area contributed by atoms with E-state index in [1.54, 1.807) is 17.0 Å². The summed E-state index contributed by atoms with van der Waals surface area (Å²) in [6.07, 6.45) is 3.19. The fourth-order valence-corrected chi connectivity index (χ4v) is 3.40. The molecule has 7 nitrogen and oxygen atoms in total. The number of aromatic nitrogens is 4. The summed E-state index contributed by atoms with van der Waals surface area (Å²) in [7, 11) is 0. The third-order valence-corrected chi connectivity index (χ3v) is 4.69. The number of carbonyl (C=O) groups excluding carboxylic acids is 1. The van der Waals surface area contributed by atoms with Crippen molar-refractivity contribution >= 4 is 28.1 Å². The van der Waals surface area contributed by atoms with E-state index in [1.165, 1.54) is 0 Å². The molecule has 0 aliphatic heterocycles. The fraction of sp³-hybridized carbons (Fsp3) is 0.0952. The number of hydrogen-bond acceptors (Lipinski definition) is 4. The van der Waals surface area contributed by atoms with E-state index < -0.39 is 0 Å².